The quantitative estimate of drug-likeness (QED) is 0.594. The molecule has 0 spiro atoms. The zero-order valence-electron chi connectivity index (χ0n) is 7.50. The van der Waals surface area contributed by atoms with Crippen LogP contribution in [0.1, 0.15) is 0 Å². The van der Waals surface area contributed by atoms with Crippen LogP contribution in [0.2, 0.25) is 0 Å². The van der Waals surface area contributed by atoms with Crippen LogP contribution in [0.25, 0.3) is 0 Å². The number of nitrogen functional groups attached to an aromatic ring is 1. The van der Waals surface area contributed by atoms with Crippen LogP contribution in [0.4, 0.5) is 20.4 Å². The van der Waals surface area contributed by atoms with Crippen LogP contribution >= 0.6 is 11.8 Å². The summed E-state index contributed by atoms with van der Waals surface area (Å²) in [6.45, 7) is -0.440. The van der Waals surface area contributed by atoms with Gasteiger partial charge in [-0.15, -0.1) is 0 Å². The molecule has 1 heterocycles. The summed E-state index contributed by atoms with van der Waals surface area (Å²) in [5.41, 5.74) is 5.45. The highest BCUT2D eigenvalue weighted by Gasteiger charge is 2.04. The number of rotatable bonds is 4. The van der Waals surface area contributed by atoms with Crippen molar-refractivity contribution in [2.45, 2.75) is 11.6 Å². The summed E-state index contributed by atoms with van der Waals surface area (Å²) >= 11 is 1.30. The molecule has 7 heteroatoms. The lowest BCUT2D eigenvalue weighted by molar-refractivity contribution is 0.163. The van der Waals surface area contributed by atoms with Crippen LogP contribution in [-0.4, -0.2) is 29.2 Å². The van der Waals surface area contributed by atoms with Crippen LogP contribution in [-0.2, 0) is 0 Å². The molecule has 4 nitrogen and oxygen atoms in total. The normalized spacial score (nSPS) is 10.6. The maximum Gasteiger partial charge on any atom is 0.255 e. The first-order chi connectivity index (χ1) is 6.61. The summed E-state index contributed by atoms with van der Waals surface area (Å²) in [7, 11) is 0. The van der Waals surface area contributed by atoms with Gasteiger partial charge >= 0.3 is 0 Å². The molecule has 0 unspecified atom stereocenters. The fourth-order valence-electron chi connectivity index (χ4n) is 0.807. The third kappa shape index (κ3) is 3.33. The number of thioether (sulfide) groups is 1. The minimum Gasteiger partial charge on any atom is -0.383 e. The van der Waals surface area contributed by atoms with E-state index in [1.807, 2.05) is 0 Å². The second kappa shape index (κ2) is 4.94. The van der Waals surface area contributed by atoms with Gasteiger partial charge in [0.1, 0.15) is 11.6 Å². The van der Waals surface area contributed by atoms with Crippen molar-refractivity contribution in [3.8, 4) is 0 Å². The predicted octanol–water partition coefficient (Wildman–Crippen LogP) is 1.46. The summed E-state index contributed by atoms with van der Waals surface area (Å²) in [5, 5.41) is 2.93. The first-order valence-electron chi connectivity index (χ1n) is 3.82. The lowest BCUT2D eigenvalue weighted by Crippen LogP contribution is -2.12. The molecule has 0 bridgehead atoms. The average molecular weight is 220 g/mol. The highest BCUT2D eigenvalue weighted by molar-refractivity contribution is 7.98. The number of hydrogen-bond acceptors (Lipinski definition) is 5. The number of aromatic nitrogens is 2. The Morgan fingerprint density at radius 3 is 2.86 bits per heavy atom. The molecular weight excluding hydrogens is 210 g/mol. The van der Waals surface area contributed by atoms with Crippen molar-refractivity contribution in [3.05, 3.63) is 6.07 Å². The highest BCUT2D eigenvalue weighted by Crippen LogP contribution is 2.15. The van der Waals surface area contributed by atoms with Gasteiger partial charge in [-0.3, -0.25) is 0 Å². The number of halogens is 2. The molecule has 0 atom stereocenters. The zero-order chi connectivity index (χ0) is 10.6. The Kier molecular flexibility index (Phi) is 3.87. The number of nitrogens with two attached hydrogens (primary N) is 1. The Bertz CT molecular complexity index is 308. The van der Waals surface area contributed by atoms with E-state index in [2.05, 4.69) is 15.3 Å². The van der Waals surface area contributed by atoms with E-state index in [9.17, 15) is 8.78 Å². The standard InChI is InChI=1S/C7H10F2N4S/c1-14-7-12-5(10)2-6(13-7)11-3-4(8)9/h2,4H,3H2,1H3,(H3,10,11,12,13). The number of hydrogen-bond donors (Lipinski definition) is 2. The molecule has 1 aromatic rings. The molecule has 0 saturated carbocycles. The van der Waals surface area contributed by atoms with Gasteiger partial charge in [-0.05, 0) is 6.26 Å². The van der Waals surface area contributed by atoms with Gasteiger partial charge in [0.25, 0.3) is 6.43 Å². The molecule has 1 rings (SSSR count). The molecule has 78 valence electrons. The van der Waals surface area contributed by atoms with E-state index in [4.69, 9.17) is 5.73 Å². The van der Waals surface area contributed by atoms with E-state index >= 15 is 0 Å². The number of anilines is 2. The summed E-state index contributed by atoms with van der Waals surface area (Å²) in [6, 6.07) is 1.42. The molecule has 0 fully saturated rings. The van der Waals surface area contributed by atoms with Gasteiger partial charge in [-0.1, -0.05) is 11.8 Å². The first-order valence-corrected chi connectivity index (χ1v) is 5.05. The third-order valence-electron chi connectivity index (χ3n) is 1.35. The Morgan fingerprint density at radius 1 is 1.57 bits per heavy atom. The van der Waals surface area contributed by atoms with Gasteiger partial charge in [0.2, 0.25) is 0 Å². The summed E-state index contributed by atoms with van der Waals surface area (Å²) < 4.78 is 23.7. The van der Waals surface area contributed by atoms with E-state index in [-0.39, 0.29) is 5.82 Å². The van der Waals surface area contributed by atoms with Crippen LogP contribution in [0.15, 0.2) is 11.2 Å². The molecule has 0 aliphatic rings. The molecule has 0 aromatic carbocycles. The molecule has 3 N–H and O–H groups in total. The van der Waals surface area contributed by atoms with Crippen LogP contribution in [0.3, 0.4) is 0 Å². The molecule has 1 aromatic heterocycles. The lowest BCUT2D eigenvalue weighted by atomic mass is 10.5. The predicted molar refractivity (Wildman–Crippen MR) is 52.7 cm³/mol. The van der Waals surface area contributed by atoms with Crippen LogP contribution in [0.5, 0.6) is 0 Å². The molecule has 0 aliphatic heterocycles. The van der Waals surface area contributed by atoms with E-state index in [0.717, 1.165) is 0 Å². The Hall–Kier alpha value is -1.11. The highest BCUT2D eigenvalue weighted by atomic mass is 32.2. The van der Waals surface area contributed by atoms with Crippen molar-refractivity contribution in [2.24, 2.45) is 0 Å². The molecule has 0 aliphatic carbocycles. The second-order valence-electron chi connectivity index (χ2n) is 2.44. The lowest BCUT2D eigenvalue weighted by Gasteiger charge is -2.06. The fraction of sp³-hybridized carbons (Fsp3) is 0.429. The van der Waals surface area contributed by atoms with Crippen LogP contribution in [0, 0.1) is 0 Å². The van der Waals surface area contributed by atoms with Gasteiger partial charge in [-0.2, -0.15) is 0 Å². The monoisotopic (exact) mass is 220 g/mol. The Labute approximate surface area is 84.3 Å². The van der Waals surface area contributed by atoms with Crippen molar-refractivity contribution in [1.29, 1.82) is 0 Å². The van der Waals surface area contributed by atoms with Gasteiger partial charge in [0, 0.05) is 6.07 Å². The van der Waals surface area contributed by atoms with E-state index < -0.39 is 13.0 Å². The summed E-state index contributed by atoms with van der Waals surface area (Å²) in [4.78, 5) is 7.83. The fourth-order valence-corrected chi connectivity index (χ4v) is 1.19. The van der Waals surface area contributed by atoms with E-state index in [1.165, 1.54) is 17.8 Å². The number of alkyl halides is 2. The Morgan fingerprint density at radius 2 is 2.29 bits per heavy atom. The zero-order valence-corrected chi connectivity index (χ0v) is 8.31. The SMILES string of the molecule is CSc1nc(N)cc(NCC(F)F)n1. The second-order valence-corrected chi connectivity index (χ2v) is 3.21. The van der Waals surface area contributed by atoms with Crippen molar-refractivity contribution in [1.82, 2.24) is 9.97 Å². The topological polar surface area (TPSA) is 63.8 Å². The van der Waals surface area contributed by atoms with Crippen molar-refractivity contribution < 1.29 is 8.78 Å². The average Bonchev–Trinajstić information content (AvgIpc) is 2.14. The van der Waals surface area contributed by atoms with Crippen molar-refractivity contribution in [3.63, 3.8) is 0 Å². The van der Waals surface area contributed by atoms with E-state index in [1.54, 1.807) is 6.26 Å². The molecule has 14 heavy (non-hydrogen) atoms. The van der Waals surface area contributed by atoms with Gasteiger partial charge in [0.15, 0.2) is 5.16 Å². The summed E-state index contributed by atoms with van der Waals surface area (Å²) in [5.74, 6) is 0.586. The number of nitrogens with one attached hydrogen (secondary N) is 1. The van der Waals surface area contributed by atoms with E-state index in [0.29, 0.717) is 11.0 Å². The van der Waals surface area contributed by atoms with Gasteiger partial charge in [-0.25, -0.2) is 18.7 Å². The minimum absolute atomic E-state index is 0.265. The van der Waals surface area contributed by atoms with Crippen molar-refractivity contribution >= 4 is 23.4 Å². The maximum atomic E-state index is 11.9. The maximum absolute atomic E-state index is 11.9. The molecule has 0 saturated heterocycles. The van der Waals surface area contributed by atoms with Gasteiger partial charge in [0.05, 0.1) is 6.54 Å². The third-order valence-corrected chi connectivity index (χ3v) is 1.89. The molecular formula is C7H10F2N4S. The largest absolute Gasteiger partial charge is 0.383 e. The first kappa shape index (κ1) is 11.0. The van der Waals surface area contributed by atoms with Crippen molar-refractivity contribution in [2.75, 3.05) is 23.9 Å². The molecule has 0 amide bonds. The van der Waals surface area contributed by atoms with Gasteiger partial charge < -0.3 is 11.1 Å². The number of nitrogens with zero attached hydrogens (tertiary/aromatic N) is 2. The smallest absolute Gasteiger partial charge is 0.255 e. The van der Waals surface area contributed by atoms with Crippen LogP contribution < -0.4 is 11.1 Å². The summed E-state index contributed by atoms with van der Waals surface area (Å²) in [6.07, 6.45) is -0.630. The molecule has 0 radical (unpaired) electrons. The Balaban J connectivity index is 2.71. The minimum atomic E-state index is -2.41.